The number of carbonyl (C=O) groups is 2. The fraction of sp³-hybridized carbons (Fsp3) is 0.333. The number of ketones is 1. The Hall–Kier alpha value is -1.35. The standard InChI is InChI=1S/C12H13ClO3/c1-7-4-10(5-8(2)12(7)13)11(15)6-16-9(3)14/h4-5H,6H2,1-3H3. The highest BCUT2D eigenvalue weighted by Crippen LogP contribution is 2.22. The molecule has 0 aliphatic rings. The summed E-state index contributed by atoms with van der Waals surface area (Å²) < 4.78 is 4.65. The van der Waals surface area contributed by atoms with Crippen molar-refractivity contribution in [1.29, 1.82) is 0 Å². The summed E-state index contributed by atoms with van der Waals surface area (Å²) in [6.07, 6.45) is 0. The molecule has 0 aliphatic carbocycles. The SMILES string of the molecule is CC(=O)OCC(=O)c1cc(C)c(Cl)c(C)c1. The lowest BCUT2D eigenvalue weighted by Crippen LogP contribution is -2.12. The van der Waals surface area contributed by atoms with Crippen LogP contribution in [0.5, 0.6) is 0 Å². The van der Waals surface area contributed by atoms with Gasteiger partial charge in [-0.3, -0.25) is 9.59 Å². The van der Waals surface area contributed by atoms with Crippen LogP contribution < -0.4 is 0 Å². The van der Waals surface area contributed by atoms with Crippen molar-refractivity contribution in [2.24, 2.45) is 0 Å². The fourth-order valence-electron chi connectivity index (χ4n) is 1.36. The van der Waals surface area contributed by atoms with Crippen LogP contribution in [0.4, 0.5) is 0 Å². The average molecular weight is 241 g/mol. The quantitative estimate of drug-likeness (QED) is 0.603. The van der Waals surface area contributed by atoms with Crippen molar-refractivity contribution in [3.8, 4) is 0 Å². The van der Waals surface area contributed by atoms with Crippen LogP contribution in [0.2, 0.25) is 5.02 Å². The van der Waals surface area contributed by atoms with Gasteiger partial charge in [0.25, 0.3) is 0 Å². The van der Waals surface area contributed by atoms with Crippen molar-refractivity contribution >= 4 is 23.4 Å². The highest BCUT2D eigenvalue weighted by molar-refractivity contribution is 6.32. The fourth-order valence-corrected chi connectivity index (χ4v) is 1.47. The van der Waals surface area contributed by atoms with Crippen molar-refractivity contribution in [1.82, 2.24) is 0 Å². The predicted molar refractivity (Wildman–Crippen MR) is 61.9 cm³/mol. The lowest BCUT2D eigenvalue weighted by atomic mass is 10.0. The topological polar surface area (TPSA) is 43.4 Å². The van der Waals surface area contributed by atoms with Gasteiger partial charge in [-0.25, -0.2) is 0 Å². The first-order valence-electron chi connectivity index (χ1n) is 4.85. The van der Waals surface area contributed by atoms with Gasteiger partial charge in [0.2, 0.25) is 0 Å². The van der Waals surface area contributed by atoms with Crippen LogP contribution in [0.15, 0.2) is 12.1 Å². The molecule has 0 heterocycles. The van der Waals surface area contributed by atoms with E-state index in [0.717, 1.165) is 11.1 Å². The molecule has 0 aromatic heterocycles. The van der Waals surface area contributed by atoms with E-state index >= 15 is 0 Å². The number of esters is 1. The number of Topliss-reactive ketones (excluding diaryl/α,β-unsaturated/α-hetero) is 1. The van der Waals surface area contributed by atoms with E-state index < -0.39 is 5.97 Å². The number of benzene rings is 1. The Morgan fingerprint density at radius 2 is 1.75 bits per heavy atom. The lowest BCUT2D eigenvalue weighted by molar-refractivity contribution is -0.139. The Morgan fingerprint density at radius 1 is 1.25 bits per heavy atom. The minimum atomic E-state index is -0.462. The first kappa shape index (κ1) is 12.7. The summed E-state index contributed by atoms with van der Waals surface area (Å²) in [6.45, 7) is 4.71. The van der Waals surface area contributed by atoms with E-state index in [2.05, 4.69) is 4.74 Å². The number of carbonyl (C=O) groups excluding carboxylic acids is 2. The van der Waals surface area contributed by atoms with Gasteiger partial charge in [0.15, 0.2) is 12.4 Å². The molecule has 0 saturated carbocycles. The van der Waals surface area contributed by atoms with Crippen molar-refractivity contribution in [3.05, 3.63) is 33.8 Å². The summed E-state index contributed by atoms with van der Waals surface area (Å²) in [6, 6.07) is 3.39. The van der Waals surface area contributed by atoms with Crippen LogP contribution in [-0.2, 0) is 9.53 Å². The Balaban J connectivity index is 2.88. The van der Waals surface area contributed by atoms with Crippen LogP contribution in [0.3, 0.4) is 0 Å². The van der Waals surface area contributed by atoms with Crippen molar-refractivity contribution < 1.29 is 14.3 Å². The Labute approximate surface area is 99.4 Å². The van der Waals surface area contributed by atoms with Gasteiger partial charge in [0.1, 0.15) is 0 Å². The smallest absolute Gasteiger partial charge is 0.303 e. The van der Waals surface area contributed by atoms with Gasteiger partial charge in [-0.05, 0) is 37.1 Å². The number of hydrogen-bond acceptors (Lipinski definition) is 3. The average Bonchev–Trinajstić information content (AvgIpc) is 2.21. The zero-order valence-electron chi connectivity index (χ0n) is 9.46. The van der Waals surface area contributed by atoms with E-state index in [0.29, 0.717) is 10.6 Å². The molecule has 3 nitrogen and oxygen atoms in total. The first-order valence-corrected chi connectivity index (χ1v) is 5.23. The molecule has 0 fully saturated rings. The Morgan fingerprint density at radius 3 is 2.19 bits per heavy atom. The first-order chi connectivity index (χ1) is 7.41. The minimum Gasteiger partial charge on any atom is -0.457 e. The van der Waals surface area contributed by atoms with E-state index in [1.807, 2.05) is 13.8 Å². The largest absolute Gasteiger partial charge is 0.457 e. The Bertz CT molecular complexity index is 415. The maximum atomic E-state index is 11.6. The van der Waals surface area contributed by atoms with Crippen molar-refractivity contribution in [2.75, 3.05) is 6.61 Å². The molecule has 0 N–H and O–H groups in total. The molecule has 16 heavy (non-hydrogen) atoms. The van der Waals surface area contributed by atoms with Crippen molar-refractivity contribution in [2.45, 2.75) is 20.8 Å². The van der Waals surface area contributed by atoms with E-state index in [9.17, 15) is 9.59 Å². The molecular formula is C12H13ClO3. The van der Waals surface area contributed by atoms with Gasteiger partial charge in [-0.15, -0.1) is 0 Å². The van der Waals surface area contributed by atoms with Gasteiger partial charge < -0.3 is 4.74 Å². The van der Waals surface area contributed by atoms with E-state index in [4.69, 9.17) is 11.6 Å². The summed E-state index contributed by atoms with van der Waals surface area (Å²) in [5.74, 6) is -0.686. The van der Waals surface area contributed by atoms with Crippen LogP contribution in [-0.4, -0.2) is 18.4 Å². The van der Waals surface area contributed by atoms with E-state index in [-0.39, 0.29) is 12.4 Å². The second-order valence-electron chi connectivity index (χ2n) is 3.63. The molecule has 1 rings (SSSR count). The zero-order chi connectivity index (χ0) is 12.3. The van der Waals surface area contributed by atoms with Gasteiger partial charge in [0, 0.05) is 17.5 Å². The molecule has 0 atom stereocenters. The van der Waals surface area contributed by atoms with Crippen LogP contribution in [0.25, 0.3) is 0 Å². The number of hydrogen-bond donors (Lipinski definition) is 0. The molecule has 4 heteroatoms. The molecule has 0 bridgehead atoms. The third kappa shape index (κ3) is 3.07. The van der Waals surface area contributed by atoms with E-state index in [1.54, 1.807) is 12.1 Å². The lowest BCUT2D eigenvalue weighted by Gasteiger charge is -2.07. The van der Waals surface area contributed by atoms with Gasteiger partial charge in [-0.1, -0.05) is 11.6 Å². The number of halogens is 1. The minimum absolute atomic E-state index is 0.224. The van der Waals surface area contributed by atoms with E-state index in [1.165, 1.54) is 6.92 Å². The highest BCUT2D eigenvalue weighted by Gasteiger charge is 2.10. The molecular weight excluding hydrogens is 228 g/mol. The third-order valence-corrected chi connectivity index (χ3v) is 2.76. The predicted octanol–water partition coefficient (Wildman–Crippen LogP) is 2.70. The van der Waals surface area contributed by atoms with Gasteiger partial charge in [-0.2, -0.15) is 0 Å². The summed E-state index contributed by atoms with van der Waals surface area (Å²) in [7, 11) is 0. The molecule has 1 aromatic carbocycles. The number of aryl methyl sites for hydroxylation is 2. The zero-order valence-corrected chi connectivity index (χ0v) is 10.2. The molecule has 0 spiro atoms. The molecule has 0 aliphatic heterocycles. The highest BCUT2D eigenvalue weighted by atomic mass is 35.5. The van der Waals surface area contributed by atoms with Crippen LogP contribution in [0, 0.1) is 13.8 Å². The second kappa shape index (κ2) is 5.12. The summed E-state index contributed by atoms with van der Waals surface area (Å²) in [5.41, 5.74) is 2.20. The van der Waals surface area contributed by atoms with Crippen molar-refractivity contribution in [3.63, 3.8) is 0 Å². The molecule has 0 radical (unpaired) electrons. The van der Waals surface area contributed by atoms with Crippen LogP contribution in [0.1, 0.15) is 28.4 Å². The van der Waals surface area contributed by atoms with Gasteiger partial charge in [0.05, 0.1) is 0 Å². The van der Waals surface area contributed by atoms with Crippen LogP contribution >= 0.6 is 11.6 Å². The molecule has 0 amide bonds. The summed E-state index contributed by atoms with van der Waals surface area (Å²) in [4.78, 5) is 22.2. The third-order valence-electron chi connectivity index (χ3n) is 2.16. The Kier molecular flexibility index (Phi) is 4.07. The second-order valence-corrected chi connectivity index (χ2v) is 4.01. The number of ether oxygens (including phenoxy) is 1. The normalized spacial score (nSPS) is 10.0. The van der Waals surface area contributed by atoms with Gasteiger partial charge >= 0.3 is 5.97 Å². The number of rotatable bonds is 3. The summed E-state index contributed by atoms with van der Waals surface area (Å²) in [5, 5.41) is 0.657. The molecule has 86 valence electrons. The molecule has 0 unspecified atom stereocenters. The monoisotopic (exact) mass is 240 g/mol. The maximum absolute atomic E-state index is 11.6. The maximum Gasteiger partial charge on any atom is 0.303 e. The molecule has 0 saturated heterocycles. The molecule has 1 aromatic rings. The summed E-state index contributed by atoms with van der Waals surface area (Å²) >= 11 is 5.99.